The first-order valence-corrected chi connectivity index (χ1v) is 10.1. The number of carbonyl (C=O) groups is 1. The van der Waals surface area contributed by atoms with Crippen molar-refractivity contribution in [3.63, 3.8) is 0 Å². The first-order chi connectivity index (χ1) is 16.2. The Labute approximate surface area is 192 Å². The van der Waals surface area contributed by atoms with Crippen LogP contribution in [0.4, 0.5) is 17.6 Å². The van der Waals surface area contributed by atoms with E-state index in [1.165, 1.54) is 28.9 Å². The molecule has 174 valence electrons. The molecule has 9 heteroatoms. The average molecular weight is 470 g/mol. The molecular formula is C25H18F4N2O3. The number of halogens is 4. The third-order valence-corrected chi connectivity index (χ3v) is 4.94. The van der Waals surface area contributed by atoms with Crippen molar-refractivity contribution in [2.24, 2.45) is 7.05 Å². The van der Waals surface area contributed by atoms with Gasteiger partial charge in [0.15, 0.2) is 0 Å². The van der Waals surface area contributed by atoms with Crippen molar-refractivity contribution < 1.29 is 31.8 Å². The van der Waals surface area contributed by atoms with Crippen molar-refractivity contribution in [3.05, 3.63) is 101 Å². The highest BCUT2D eigenvalue weighted by Crippen LogP contribution is 2.36. The molecule has 3 aromatic carbocycles. The minimum Gasteiger partial charge on any atom is -0.457 e. The van der Waals surface area contributed by atoms with Crippen LogP contribution >= 0.6 is 0 Å². The molecule has 0 aliphatic carbocycles. The van der Waals surface area contributed by atoms with Crippen LogP contribution in [0.25, 0.3) is 11.3 Å². The number of nitrogens with zero attached hydrogens (tertiary/aromatic N) is 2. The molecule has 0 fully saturated rings. The minimum atomic E-state index is -4.53. The summed E-state index contributed by atoms with van der Waals surface area (Å²) in [5.41, 5.74) is 0.787. The highest BCUT2D eigenvalue weighted by Gasteiger charge is 2.31. The molecule has 0 radical (unpaired) electrons. The van der Waals surface area contributed by atoms with Crippen LogP contribution in [-0.4, -0.2) is 15.7 Å². The zero-order chi connectivity index (χ0) is 24.3. The molecule has 0 spiro atoms. The molecule has 4 aromatic rings. The Kier molecular flexibility index (Phi) is 6.36. The Bertz CT molecular complexity index is 1300. The lowest BCUT2D eigenvalue weighted by Crippen LogP contribution is -2.07. The second kappa shape index (κ2) is 9.38. The maximum atomic E-state index is 13.2. The largest absolute Gasteiger partial charge is 0.457 e. The third-order valence-electron chi connectivity index (χ3n) is 4.94. The minimum absolute atomic E-state index is 0.0523. The Balaban J connectivity index is 1.68. The number of carbonyl (C=O) groups excluding carboxylic acids is 1. The molecule has 0 atom stereocenters. The van der Waals surface area contributed by atoms with Crippen LogP contribution in [0.1, 0.15) is 21.5 Å². The summed E-state index contributed by atoms with van der Waals surface area (Å²) in [4.78, 5) is 12.5. The zero-order valence-electron chi connectivity index (χ0n) is 17.8. The number of ether oxygens (including phenoxy) is 2. The van der Waals surface area contributed by atoms with Crippen molar-refractivity contribution in [2.75, 3.05) is 0 Å². The summed E-state index contributed by atoms with van der Waals surface area (Å²) in [6, 6.07) is 18.3. The fourth-order valence-electron chi connectivity index (χ4n) is 3.29. The average Bonchev–Trinajstić information content (AvgIpc) is 3.13. The molecular weight excluding hydrogens is 452 g/mol. The molecule has 34 heavy (non-hydrogen) atoms. The first kappa shape index (κ1) is 23.0. The molecule has 0 bridgehead atoms. The Morgan fingerprint density at radius 1 is 0.971 bits per heavy atom. The molecule has 5 nitrogen and oxygen atoms in total. The maximum absolute atomic E-state index is 13.2. The molecule has 4 rings (SSSR count). The molecule has 0 saturated heterocycles. The molecule has 0 N–H and O–H groups in total. The Morgan fingerprint density at radius 3 is 2.35 bits per heavy atom. The summed E-state index contributed by atoms with van der Waals surface area (Å²) in [7, 11) is 1.57. The predicted molar refractivity (Wildman–Crippen MR) is 116 cm³/mol. The van der Waals surface area contributed by atoms with Gasteiger partial charge in [-0.2, -0.15) is 18.3 Å². The topological polar surface area (TPSA) is 53.4 Å². The van der Waals surface area contributed by atoms with Gasteiger partial charge in [0.05, 0.1) is 16.7 Å². The summed E-state index contributed by atoms with van der Waals surface area (Å²) < 4.78 is 65.1. The van der Waals surface area contributed by atoms with E-state index in [2.05, 4.69) is 5.10 Å². The molecule has 1 aromatic heterocycles. The Hall–Kier alpha value is -4.14. The third kappa shape index (κ3) is 5.09. The maximum Gasteiger partial charge on any atom is 0.416 e. The summed E-state index contributed by atoms with van der Waals surface area (Å²) in [5, 5.41) is 4.44. The molecule has 0 saturated carbocycles. The lowest BCUT2D eigenvalue weighted by molar-refractivity contribution is -0.137. The number of esters is 1. The van der Waals surface area contributed by atoms with Gasteiger partial charge < -0.3 is 9.47 Å². The van der Waals surface area contributed by atoms with Gasteiger partial charge in [0.2, 0.25) is 5.88 Å². The second-order valence-corrected chi connectivity index (χ2v) is 7.33. The molecule has 0 aliphatic heterocycles. The lowest BCUT2D eigenvalue weighted by Gasteiger charge is -2.12. The van der Waals surface area contributed by atoms with Crippen LogP contribution in [-0.2, 0) is 24.6 Å². The SMILES string of the molecule is Cn1nc(-c2ccccc2)c(COC(=O)c2ccc(F)cc2)c1Oc1cccc(C(F)(F)F)c1. The second-order valence-electron chi connectivity index (χ2n) is 7.33. The van der Waals surface area contributed by atoms with Crippen LogP contribution in [0, 0.1) is 5.82 Å². The van der Waals surface area contributed by atoms with Crippen molar-refractivity contribution in [1.82, 2.24) is 9.78 Å². The number of alkyl halides is 3. The number of rotatable bonds is 6. The lowest BCUT2D eigenvalue weighted by atomic mass is 10.1. The normalized spacial score (nSPS) is 11.3. The van der Waals surface area contributed by atoms with Crippen molar-refractivity contribution in [3.8, 4) is 22.9 Å². The molecule has 0 aliphatic rings. The van der Waals surface area contributed by atoms with Gasteiger partial charge in [-0.1, -0.05) is 36.4 Å². The van der Waals surface area contributed by atoms with E-state index in [1.807, 2.05) is 6.07 Å². The van der Waals surface area contributed by atoms with Crippen molar-refractivity contribution >= 4 is 5.97 Å². The number of aromatic nitrogens is 2. The molecule has 0 amide bonds. The van der Waals surface area contributed by atoms with Gasteiger partial charge in [-0.25, -0.2) is 13.9 Å². The fourth-order valence-corrected chi connectivity index (χ4v) is 3.29. The van der Waals surface area contributed by atoms with E-state index in [-0.39, 0.29) is 23.8 Å². The fraction of sp³-hybridized carbons (Fsp3) is 0.120. The monoisotopic (exact) mass is 470 g/mol. The van der Waals surface area contributed by atoms with Gasteiger partial charge >= 0.3 is 12.1 Å². The molecule has 1 heterocycles. The van der Waals surface area contributed by atoms with E-state index in [1.54, 1.807) is 31.3 Å². The smallest absolute Gasteiger partial charge is 0.416 e. The summed E-state index contributed by atoms with van der Waals surface area (Å²) in [6.45, 7) is -0.275. The summed E-state index contributed by atoms with van der Waals surface area (Å²) in [6.07, 6.45) is -4.53. The van der Waals surface area contributed by atoms with Crippen LogP contribution < -0.4 is 4.74 Å². The Morgan fingerprint density at radius 2 is 1.68 bits per heavy atom. The van der Waals surface area contributed by atoms with E-state index in [0.29, 0.717) is 16.8 Å². The summed E-state index contributed by atoms with van der Waals surface area (Å²) in [5.74, 6) is -1.13. The quantitative estimate of drug-likeness (QED) is 0.242. The van der Waals surface area contributed by atoms with E-state index in [0.717, 1.165) is 24.3 Å². The standard InChI is InChI=1S/C25H18F4N2O3/c1-31-23(34-20-9-5-8-18(14-20)25(27,28)29)21(22(30-31)16-6-3-2-4-7-16)15-33-24(32)17-10-12-19(26)13-11-17/h2-14H,15H2,1H3. The molecule has 0 unspecified atom stereocenters. The van der Waals surface area contributed by atoms with E-state index >= 15 is 0 Å². The van der Waals surface area contributed by atoms with Gasteiger partial charge in [-0.15, -0.1) is 0 Å². The van der Waals surface area contributed by atoms with Gasteiger partial charge in [0, 0.05) is 12.6 Å². The highest BCUT2D eigenvalue weighted by molar-refractivity contribution is 5.89. The predicted octanol–water partition coefficient (Wildman–Crippen LogP) is 6.39. The number of aryl methyl sites for hydroxylation is 1. The summed E-state index contributed by atoms with van der Waals surface area (Å²) >= 11 is 0. The van der Waals surface area contributed by atoms with Crippen molar-refractivity contribution in [2.45, 2.75) is 12.8 Å². The van der Waals surface area contributed by atoms with Crippen molar-refractivity contribution in [1.29, 1.82) is 0 Å². The zero-order valence-corrected chi connectivity index (χ0v) is 17.8. The van der Waals surface area contributed by atoms with Crippen LogP contribution in [0.3, 0.4) is 0 Å². The van der Waals surface area contributed by atoms with E-state index < -0.39 is 23.5 Å². The van der Waals surface area contributed by atoms with Gasteiger partial charge in [-0.3, -0.25) is 0 Å². The van der Waals surface area contributed by atoms with E-state index in [9.17, 15) is 22.4 Å². The van der Waals surface area contributed by atoms with E-state index in [4.69, 9.17) is 9.47 Å². The van der Waals surface area contributed by atoms with Gasteiger partial charge in [-0.05, 0) is 42.5 Å². The van der Waals surface area contributed by atoms with Crippen LogP contribution in [0.15, 0.2) is 78.9 Å². The number of benzene rings is 3. The number of hydrogen-bond acceptors (Lipinski definition) is 4. The highest BCUT2D eigenvalue weighted by atomic mass is 19.4. The first-order valence-electron chi connectivity index (χ1n) is 10.1. The number of hydrogen-bond donors (Lipinski definition) is 0. The van der Waals surface area contributed by atoms with Gasteiger partial charge in [0.1, 0.15) is 23.9 Å². The van der Waals surface area contributed by atoms with Crippen LogP contribution in [0.5, 0.6) is 11.6 Å². The van der Waals surface area contributed by atoms with Gasteiger partial charge in [0.25, 0.3) is 0 Å². The van der Waals surface area contributed by atoms with Crippen LogP contribution in [0.2, 0.25) is 0 Å².